The molecule has 2 N–H and O–H groups in total. The summed E-state index contributed by atoms with van der Waals surface area (Å²) in [6.07, 6.45) is 0. The summed E-state index contributed by atoms with van der Waals surface area (Å²) < 4.78 is 23.8. The first-order chi connectivity index (χ1) is 10.7. The number of hydrogen-bond acceptors (Lipinski definition) is 4. The topological polar surface area (TPSA) is 75.3 Å². The molecule has 0 aromatic heterocycles. The largest absolute Gasteiger partial charge is 0.326 e. The number of hydrogen-bond donors (Lipinski definition) is 2. The molecule has 23 heavy (non-hydrogen) atoms. The first kappa shape index (κ1) is 18.5. The minimum absolute atomic E-state index is 0.0147. The monoisotopic (exact) mass is 378 g/mol. The highest BCUT2D eigenvalue weighted by molar-refractivity contribution is 7.91. The van der Waals surface area contributed by atoms with E-state index in [0.717, 1.165) is 0 Å². The van der Waals surface area contributed by atoms with E-state index in [4.69, 9.17) is 23.2 Å². The number of amides is 1. The summed E-state index contributed by atoms with van der Waals surface area (Å²) in [6, 6.07) is 4.39. The van der Waals surface area contributed by atoms with Crippen LogP contribution in [-0.2, 0) is 14.6 Å². The van der Waals surface area contributed by atoms with E-state index in [1.807, 2.05) is 13.8 Å². The molecule has 8 heteroatoms. The third kappa shape index (κ3) is 5.08. The SMILES string of the molecule is CC(C)CN[C@H]1CS(=O)(=O)C[C@@H]1C(=O)Nc1ccc(Cl)c(Cl)c1. The van der Waals surface area contributed by atoms with Gasteiger partial charge in [0.1, 0.15) is 0 Å². The number of carbonyl (C=O) groups excluding carboxylic acids is 1. The van der Waals surface area contributed by atoms with Crippen molar-refractivity contribution in [2.45, 2.75) is 19.9 Å². The Bertz CT molecular complexity index is 692. The van der Waals surface area contributed by atoms with Gasteiger partial charge in [0, 0.05) is 11.7 Å². The van der Waals surface area contributed by atoms with Crippen molar-refractivity contribution in [1.82, 2.24) is 5.32 Å². The van der Waals surface area contributed by atoms with Gasteiger partial charge < -0.3 is 10.6 Å². The summed E-state index contributed by atoms with van der Waals surface area (Å²) in [4.78, 5) is 12.5. The molecule has 1 aliphatic heterocycles. The van der Waals surface area contributed by atoms with E-state index in [9.17, 15) is 13.2 Å². The van der Waals surface area contributed by atoms with Crippen molar-refractivity contribution in [1.29, 1.82) is 0 Å². The fourth-order valence-electron chi connectivity index (χ4n) is 2.50. The zero-order valence-corrected chi connectivity index (χ0v) is 15.3. The fourth-order valence-corrected chi connectivity index (χ4v) is 4.77. The summed E-state index contributed by atoms with van der Waals surface area (Å²) in [5.41, 5.74) is 0.497. The number of benzene rings is 1. The summed E-state index contributed by atoms with van der Waals surface area (Å²) >= 11 is 11.8. The van der Waals surface area contributed by atoms with Crippen LogP contribution in [-0.4, -0.2) is 38.4 Å². The second-order valence-electron chi connectivity index (χ2n) is 6.21. The van der Waals surface area contributed by atoms with Crippen molar-refractivity contribution in [3.05, 3.63) is 28.2 Å². The van der Waals surface area contributed by atoms with E-state index < -0.39 is 15.8 Å². The summed E-state index contributed by atoms with van der Waals surface area (Å²) in [7, 11) is -3.22. The van der Waals surface area contributed by atoms with Crippen molar-refractivity contribution in [3.63, 3.8) is 0 Å². The van der Waals surface area contributed by atoms with Crippen LogP contribution in [0.15, 0.2) is 18.2 Å². The average molecular weight is 379 g/mol. The molecule has 2 rings (SSSR count). The Hall–Kier alpha value is -0.820. The van der Waals surface area contributed by atoms with Crippen molar-refractivity contribution in [3.8, 4) is 0 Å². The minimum atomic E-state index is -3.22. The number of halogens is 2. The van der Waals surface area contributed by atoms with Gasteiger partial charge in [-0.05, 0) is 30.7 Å². The first-order valence-corrected chi connectivity index (χ1v) is 9.95. The summed E-state index contributed by atoms with van der Waals surface area (Å²) in [5, 5.41) is 6.63. The minimum Gasteiger partial charge on any atom is -0.326 e. The zero-order chi connectivity index (χ0) is 17.2. The second kappa shape index (κ2) is 7.38. The van der Waals surface area contributed by atoms with Gasteiger partial charge in [-0.1, -0.05) is 37.0 Å². The second-order valence-corrected chi connectivity index (χ2v) is 9.18. The lowest BCUT2D eigenvalue weighted by atomic mass is 10.0. The van der Waals surface area contributed by atoms with E-state index in [-0.39, 0.29) is 23.5 Å². The van der Waals surface area contributed by atoms with Crippen molar-refractivity contribution >= 4 is 44.6 Å². The van der Waals surface area contributed by atoms with E-state index >= 15 is 0 Å². The fraction of sp³-hybridized carbons (Fsp3) is 0.533. The molecule has 0 saturated carbocycles. The molecular weight excluding hydrogens is 359 g/mol. The molecule has 2 atom stereocenters. The van der Waals surface area contributed by atoms with Crippen LogP contribution < -0.4 is 10.6 Å². The van der Waals surface area contributed by atoms with Crippen molar-refractivity contribution < 1.29 is 13.2 Å². The van der Waals surface area contributed by atoms with Crippen LogP contribution >= 0.6 is 23.2 Å². The Morgan fingerprint density at radius 3 is 2.57 bits per heavy atom. The Morgan fingerprint density at radius 1 is 1.26 bits per heavy atom. The quantitative estimate of drug-likeness (QED) is 0.825. The molecule has 0 bridgehead atoms. The summed E-state index contributed by atoms with van der Waals surface area (Å²) in [6.45, 7) is 4.72. The molecule has 1 amide bonds. The van der Waals surface area contributed by atoms with Crippen LogP contribution in [0.4, 0.5) is 5.69 Å². The molecule has 5 nitrogen and oxygen atoms in total. The molecule has 128 valence electrons. The van der Waals surface area contributed by atoms with E-state index in [2.05, 4.69) is 10.6 Å². The third-order valence-electron chi connectivity index (χ3n) is 3.66. The summed E-state index contributed by atoms with van der Waals surface area (Å²) in [5.74, 6) is -0.731. The van der Waals surface area contributed by atoms with Crippen LogP contribution in [0.25, 0.3) is 0 Å². The molecule has 1 fully saturated rings. The van der Waals surface area contributed by atoms with Crippen LogP contribution in [0.3, 0.4) is 0 Å². The van der Waals surface area contributed by atoms with Gasteiger partial charge in [-0.3, -0.25) is 4.79 Å². The highest BCUT2D eigenvalue weighted by Gasteiger charge is 2.41. The van der Waals surface area contributed by atoms with Gasteiger partial charge in [-0.2, -0.15) is 0 Å². The molecule has 1 aromatic carbocycles. The average Bonchev–Trinajstić information content (AvgIpc) is 2.76. The van der Waals surface area contributed by atoms with E-state index in [0.29, 0.717) is 28.2 Å². The first-order valence-electron chi connectivity index (χ1n) is 7.37. The molecule has 1 aromatic rings. The van der Waals surface area contributed by atoms with Crippen LogP contribution in [0.1, 0.15) is 13.8 Å². The highest BCUT2D eigenvalue weighted by Crippen LogP contribution is 2.26. The molecule has 1 heterocycles. The van der Waals surface area contributed by atoms with Gasteiger partial charge in [-0.25, -0.2) is 8.42 Å². The smallest absolute Gasteiger partial charge is 0.230 e. The molecule has 1 saturated heterocycles. The van der Waals surface area contributed by atoms with Gasteiger partial charge in [0.05, 0.1) is 27.5 Å². The maximum absolute atomic E-state index is 12.5. The predicted octanol–water partition coefficient (Wildman–Crippen LogP) is 2.59. The van der Waals surface area contributed by atoms with Gasteiger partial charge in [-0.15, -0.1) is 0 Å². The zero-order valence-electron chi connectivity index (χ0n) is 13.0. The van der Waals surface area contributed by atoms with Gasteiger partial charge in [0.15, 0.2) is 9.84 Å². The molecule has 1 aliphatic rings. The number of carbonyl (C=O) groups is 1. The number of nitrogens with one attached hydrogen (secondary N) is 2. The van der Waals surface area contributed by atoms with Crippen molar-refractivity contribution in [2.24, 2.45) is 11.8 Å². The Morgan fingerprint density at radius 2 is 1.96 bits per heavy atom. The van der Waals surface area contributed by atoms with Crippen LogP contribution in [0.2, 0.25) is 10.0 Å². The standard InChI is InChI=1S/C15H20Cl2N2O3S/c1-9(2)6-18-14-8-23(21,22)7-11(14)15(20)19-10-3-4-12(16)13(17)5-10/h3-5,9,11,14,18H,6-8H2,1-2H3,(H,19,20)/t11-,14-/m0/s1. The maximum Gasteiger partial charge on any atom is 0.230 e. The number of rotatable bonds is 5. The molecule has 0 radical (unpaired) electrons. The lowest BCUT2D eigenvalue weighted by molar-refractivity contribution is -0.119. The van der Waals surface area contributed by atoms with Crippen LogP contribution in [0, 0.1) is 11.8 Å². The Kier molecular flexibility index (Phi) is 5.94. The Labute approximate surface area is 146 Å². The van der Waals surface area contributed by atoms with E-state index in [1.54, 1.807) is 18.2 Å². The van der Waals surface area contributed by atoms with Gasteiger partial charge in [0.25, 0.3) is 0 Å². The van der Waals surface area contributed by atoms with Crippen molar-refractivity contribution in [2.75, 3.05) is 23.4 Å². The highest BCUT2D eigenvalue weighted by atomic mass is 35.5. The number of sulfone groups is 1. The van der Waals surface area contributed by atoms with Gasteiger partial charge >= 0.3 is 0 Å². The lowest BCUT2D eigenvalue weighted by Gasteiger charge is -2.20. The predicted molar refractivity (Wildman–Crippen MR) is 93.9 cm³/mol. The maximum atomic E-state index is 12.5. The molecular formula is C15H20Cl2N2O3S. The Balaban J connectivity index is 2.10. The normalized spacial score (nSPS) is 23.2. The molecule has 0 unspecified atom stereocenters. The molecule has 0 spiro atoms. The lowest BCUT2D eigenvalue weighted by Crippen LogP contribution is -2.42. The van der Waals surface area contributed by atoms with Gasteiger partial charge in [0.2, 0.25) is 5.91 Å². The third-order valence-corrected chi connectivity index (χ3v) is 6.14. The van der Waals surface area contributed by atoms with Crippen LogP contribution in [0.5, 0.6) is 0 Å². The van der Waals surface area contributed by atoms with E-state index in [1.165, 1.54) is 0 Å². The number of anilines is 1. The molecule has 0 aliphatic carbocycles.